The van der Waals surface area contributed by atoms with Crippen LogP contribution in [-0.2, 0) is 18.3 Å². The van der Waals surface area contributed by atoms with Gasteiger partial charge < -0.3 is 0 Å². The quantitative estimate of drug-likeness (QED) is 0.762. The molecule has 0 atom stereocenters. The Morgan fingerprint density at radius 2 is 2.32 bits per heavy atom. The number of aryl methyl sites for hydroxylation is 2. The second-order valence-electron chi connectivity index (χ2n) is 4.31. The Bertz CT molecular complexity index is 568. The molecule has 0 amide bonds. The molecule has 0 fully saturated rings. The van der Waals surface area contributed by atoms with Gasteiger partial charge in [0.05, 0.1) is 11.9 Å². The van der Waals surface area contributed by atoms with Crippen molar-refractivity contribution in [1.82, 2.24) is 9.78 Å². The SMILES string of the molecule is Cn1cc(CCC(=O)CSc2cccc(F)c2)cn1. The summed E-state index contributed by atoms with van der Waals surface area (Å²) >= 11 is 1.37. The number of rotatable bonds is 6. The maximum atomic E-state index is 13.0. The molecule has 0 unspecified atom stereocenters. The molecule has 0 aliphatic carbocycles. The molecule has 0 saturated heterocycles. The highest BCUT2D eigenvalue weighted by Gasteiger charge is 2.05. The summed E-state index contributed by atoms with van der Waals surface area (Å²) in [6.45, 7) is 0. The van der Waals surface area contributed by atoms with Crippen LogP contribution in [0.15, 0.2) is 41.6 Å². The zero-order valence-electron chi connectivity index (χ0n) is 10.7. The van der Waals surface area contributed by atoms with Crippen molar-refractivity contribution in [3.63, 3.8) is 0 Å². The van der Waals surface area contributed by atoms with Crippen molar-refractivity contribution in [3.8, 4) is 0 Å². The van der Waals surface area contributed by atoms with E-state index in [2.05, 4.69) is 5.10 Å². The predicted octanol–water partition coefficient (Wildman–Crippen LogP) is 2.85. The van der Waals surface area contributed by atoms with Gasteiger partial charge in [-0.15, -0.1) is 11.8 Å². The van der Waals surface area contributed by atoms with Crippen molar-refractivity contribution in [2.24, 2.45) is 7.05 Å². The molecular formula is C14H15FN2OS. The van der Waals surface area contributed by atoms with E-state index >= 15 is 0 Å². The lowest BCUT2D eigenvalue weighted by molar-refractivity contribution is -0.116. The van der Waals surface area contributed by atoms with E-state index in [0.29, 0.717) is 18.6 Å². The van der Waals surface area contributed by atoms with Gasteiger partial charge in [0.1, 0.15) is 11.6 Å². The lowest BCUT2D eigenvalue weighted by Crippen LogP contribution is -2.03. The van der Waals surface area contributed by atoms with E-state index < -0.39 is 0 Å². The third-order valence-electron chi connectivity index (χ3n) is 2.65. The first-order valence-electron chi connectivity index (χ1n) is 6.01. The van der Waals surface area contributed by atoms with Crippen LogP contribution >= 0.6 is 11.8 Å². The zero-order chi connectivity index (χ0) is 13.7. The molecule has 2 rings (SSSR count). The average molecular weight is 278 g/mol. The summed E-state index contributed by atoms with van der Waals surface area (Å²) in [5.41, 5.74) is 1.06. The first kappa shape index (κ1) is 13.8. The fourth-order valence-corrected chi connectivity index (χ4v) is 2.52. The molecule has 0 saturated carbocycles. The molecule has 0 N–H and O–H groups in total. The van der Waals surface area contributed by atoms with Gasteiger partial charge in [0.2, 0.25) is 0 Å². The molecule has 1 aromatic carbocycles. The van der Waals surface area contributed by atoms with Crippen LogP contribution in [0.4, 0.5) is 4.39 Å². The van der Waals surface area contributed by atoms with E-state index in [-0.39, 0.29) is 11.6 Å². The number of ketones is 1. The van der Waals surface area contributed by atoms with Crippen LogP contribution < -0.4 is 0 Å². The van der Waals surface area contributed by atoms with Gasteiger partial charge in [-0.1, -0.05) is 6.07 Å². The van der Waals surface area contributed by atoms with Crippen LogP contribution in [0.25, 0.3) is 0 Å². The Morgan fingerprint density at radius 1 is 1.47 bits per heavy atom. The van der Waals surface area contributed by atoms with Crippen molar-refractivity contribution in [1.29, 1.82) is 0 Å². The summed E-state index contributed by atoms with van der Waals surface area (Å²) in [5.74, 6) is 0.273. The zero-order valence-corrected chi connectivity index (χ0v) is 11.5. The Morgan fingerprint density at radius 3 is 3.00 bits per heavy atom. The highest BCUT2D eigenvalue weighted by atomic mass is 32.2. The van der Waals surface area contributed by atoms with Gasteiger partial charge >= 0.3 is 0 Å². The minimum absolute atomic E-state index is 0.165. The Labute approximate surface area is 115 Å². The van der Waals surface area contributed by atoms with Crippen molar-refractivity contribution >= 4 is 17.5 Å². The predicted molar refractivity (Wildman–Crippen MR) is 73.7 cm³/mol. The molecule has 1 aromatic heterocycles. The van der Waals surface area contributed by atoms with Gasteiger partial charge in [-0.3, -0.25) is 9.48 Å². The first-order valence-corrected chi connectivity index (χ1v) is 6.99. The lowest BCUT2D eigenvalue weighted by atomic mass is 10.1. The summed E-state index contributed by atoms with van der Waals surface area (Å²) in [4.78, 5) is 12.5. The van der Waals surface area contributed by atoms with Gasteiger partial charge in [-0.2, -0.15) is 5.10 Å². The number of hydrogen-bond donors (Lipinski definition) is 0. The minimum Gasteiger partial charge on any atom is -0.299 e. The van der Waals surface area contributed by atoms with Crippen molar-refractivity contribution in [2.75, 3.05) is 5.75 Å². The number of hydrogen-bond acceptors (Lipinski definition) is 3. The van der Waals surface area contributed by atoms with E-state index in [1.165, 1.54) is 23.9 Å². The number of Topliss-reactive ketones (excluding diaryl/α,β-unsaturated/α-hetero) is 1. The van der Waals surface area contributed by atoms with Crippen LogP contribution in [0.5, 0.6) is 0 Å². The Balaban J connectivity index is 1.75. The molecule has 1 heterocycles. The van der Waals surface area contributed by atoms with Crippen molar-refractivity contribution in [2.45, 2.75) is 17.7 Å². The Kier molecular flexibility index (Phi) is 4.74. The minimum atomic E-state index is -0.271. The molecule has 2 aromatic rings. The summed E-state index contributed by atoms with van der Waals surface area (Å²) in [6, 6.07) is 6.30. The summed E-state index contributed by atoms with van der Waals surface area (Å²) in [6.07, 6.45) is 4.88. The third-order valence-corrected chi connectivity index (χ3v) is 3.70. The highest BCUT2D eigenvalue weighted by molar-refractivity contribution is 8.00. The van der Waals surface area contributed by atoms with Gasteiger partial charge in [0.25, 0.3) is 0 Å². The van der Waals surface area contributed by atoms with Crippen LogP contribution in [0.3, 0.4) is 0 Å². The number of halogens is 1. The van der Waals surface area contributed by atoms with Crippen LogP contribution in [-0.4, -0.2) is 21.3 Å². The second kappa shape index (κ2) is 6.52. The fraction of sp³-hybridized carbons (Fsp3) is 0.286. The normalized spacial score (nSPS) is 10.6. The number of thioether (sulfide) groups is 1. The highest BCUT2D eigenvalue weighted by Crippen LogP contribution is 2.19. The molecule has 0 bridgehead atoms. The van der Waals surface area contributed by atoms with Gasteiger partial charge in [-0.05, 0) is 30.2 Å². The van der Waals surface area contributed by atoms with Crippen molar-refractivity contribution in [3.05, 3.63) is 48.0 Å². The molecular weight excluding hydrogens is 263 g/mol. The first-order chi connectivity index (χ1) is 9.13. The molecule has 0 radical (unpaired) electrons. The van der Waals surface area contributed by atoms with Crippen LogP contribution in [0.1, 0.15) is 12.0 Å². The largest absolute Gasteiger partial charge is 0.299 e. The molecule has 5 heteroatoms. The van der Waals surface area contributed by atoms with Crippen LogP contribution in [0, 0.1) is 5.82 Å². The van der Waals surface area contributed by atoms with Gasteiger partial charge in [0.15, 0.2) is 0 Å². The molecule has 100 valence electrons. The van der Waals surface area contributed by atoms with Crippen LogP contribution in [0.2, 0.25) is 0 Å². The molecule has 0 aliphatic heterocycles. The number of aromatic nitrogens is 2. The van der Waals surface area contributed by atoms with Gasteiger partial charge in [-0.25, -0.2) is 4.39 Å². The second-order valence-corrected chi connectivity index (χ2v) is 5.36. The third kappa shape index (κ3) is 4.52. The molecule has 0 spiro atoms. The van der Waals surface area contributed by atoms with E-state index in [0.717, 1.165) is 10.5 Å². The summed E-state index contributed by atoms with van der Waals surface area (Å²) < 4.78 is 14.7. The van der Waals surface area contributed by atoms with Crippen molar-refractivity contribution < 1.29 is 9.18 Å². The summed E-state index contributed by atoms with van der Waals surface area (Å²) in [7, 11) is 1.85. The van der Waals surface area contributed by atoms with E-state index in [9.17, 15) is 9.18 Å². The lowest BCUT2D eigenvalue weighted by Gasteiger charge is -2.01. The van der Waals surface area contributed by atoms with Gasteiger partial charge in [0, 0.05) is 24.6 Å². The Hall–Kier alpha value is -1.62. The fourth-order valence-electron chi connectivity index (χ4n) is 1.68. The summed E-state index contributed by atoms with van der Waals surface area (Å²) in [5, 5.41) is 4.06. The molecule has 19 heavy (non-hydrogen) atoms. The number of carbonyl (C=O) groups is 1. The molecule has 3 nitrogen and oxygen atoms in total. The molecule has 0 aliphatic rings. The van der Waals surface area contributed by atoms with E-state index in [4.69, 9.17) is 0 Å². The number of carbonyl (C=O) groups excluding carboxylic acids is 1. The van der Waals surface area contributed by atoms with E-state index in [1.807, 2.05) is 19.3 Å². The maximum absolute atomic E-state index is 13.0. The number of benzene rings is 1. The smallest absolute Gasteiger partial charge is 0.143 e. The topological polar surface area (TPSA) is 34.9 Å². The monoisotopic (exact) mass is 278 g/mol. The standard InChI is InChI=1S/C14H15FN2OS/c1-17-9-11(8-16-17)5-6-13(18)10-19-14-4-2-3-12(15)7-14/h2-4,7-9H,5-6,10H2,1H3. The average Bonchev–Trinajstić information content (AvgIpc) is 2.80. The van der Waals surface area contributed by atoms with E-state index in [1.54, 1.807) is 16.9 Å². The number of nitrogens with zero attached hydrogens (tertiary/aromatic N) is 2. The maximum Gasteiger partial charge on any atom is 0.143 e.